The Balaban J connectivity index is 1.29. The Kier molecular flexibility index (Phi) is 28.7. The van der Waals surface area contributed by atoms with Gasteiger partial charge in [0, 0.05) is 60.7 Å². The number of ether oxygens (including phenoxy) is 1. The van der Waals surface area contributed by atoms with Gasteiger partial charge in [-0.2, -0.15) is 23.5 Å². The van der Waals surface area contributed by atoms with Crippen LogP contribution in [0.2, 0.25) is 0 Å². The smallest absolute Gasteiger partial charge is 0.305 e. The van der Waals surface area contributed by atoms with Crippen LogP contribution in [0.5, 0.6) is 17.2 Å². The van der Waals surface area contributed by atoms with Crippen molar-refractivity contribution >= 4 is 94.8 Å². The van der Waals surface area contributed by atoms with E-state index in [2.05, 4.69) is 57.7 Å². The Morgan fingerprint density at radius 3 is 1.84 bits per heavy atom. The number of benzene rings is 3. The molecule has 3 aliphatic rings. The number of oxime groups is 1. The van der Waals surface area contributed by atoms with Gasteiger partial charge in [-0.15, -0.1) is 0 Å². The number of imidazole rings is 1. The largest absolute Gasteiger partial charge is 0.508 e. The summed E-state index contributed by atoms with van der Waals surface area (Å²) in [7, 11) is 0. The third-order valence-corrected chi connectivity index (χ3v) is 18.1. The molecule has 0 saturated carbocycles. The highest BCUT2D eigenvalue weighted by Crippen LogP contribution is 2.27. The molecule has 1 saturated heterocycles. The Labute approximate surface area is 568 Å². The summed E-state index contributed by atoms with van der Waals surface area (Å²) in [5.74, 6) is -10.7. The number of aliphatic hydroxyl groups is 1. The number of amides is 10. The highest BCUT2D eigenvalue weighted by molar-refractivity contribution is 7.98. The van der Waals surface area contributed by atoms with Crippen molar-refractivity contribution < 1.29 is 82.7 Å². The lowest BCUT2D eigenvalue weighted by atomic mass is 10.0. The maximum absolute atomic E-state index is 15.2. The number of aromatic amines is 1. The molecule has 3 aliphatic heterocycles. The first-order chi connectivity index (χ1) is 46.4. The lowest BCUT2D eigenvalue weighted by Crippen LogP contribution is -2.62. The standard InChI is InChI=1S/C65H85N13O17S2/c1-36(2)21-46-58(86)76-52-34-97-32-41-22-40(23-45(24-41)94-19-6-4-5-7-20-95-69-30-54(82)70-46)31-96-33-51(57(66)85)75-60(88)48(27-42-29-67-35-68-42)71-59(87)47(25-38-10-14-43(80)15-11-38)73-64(92)56(37(3)79)77-61(89)49(28-55(83)84)72-63(91)53-9-8-18-78(53)65(93)50(74-62(52)90)26-39-12-16-44(81)17-13-39/h10-17,22-24,29-30,35-37,46-53,56,79-81H,4-9,18-21,25-28,31-34H2,1-3H3,(H2,66,85)(H,67,68)(H,70,82)(H,71,87)(H,72,91)(H,73,92)(H,74,90)(H,75,88)(H,76,86)(H,77,89)(H,83,84)/b69-30+/t37-,46+,47+,48+,49+,50+,51+,52+,53+,56+/m1/s1. The fourth-order valence-corrected chi connectivity index (χ4v) is 12.9. The number of carbonyl (C=O) groups is 11. The van der Waals surface area contributed by atoms with Crippen LogP contribution in [0.25, 0.3) is 0 Å². The van der Waals surface area contributed by atoms with E-state index in [-0.39, 0.29) is 92.1 Å². The number of primary amides is 1. The molecule has 10 amide bonds. The van der Waals surface area contributed by atoms with Crippen molar-refractivity contribution in [3.63, 3.8) is 0 Å². The molecule has 30 nitrogen and oxygen atoms in total. The van der Waals surface area contributed by atoms with Crippen molar-refractivity contribution in [2.75, 3.05) is 31.3 Å². The lowest BCUT2D eigenvalue weighted by Gasteiger charge is -2.31. The van der Waals surface area contributed by atoms with E-state index in [1.165, 1.54) is 84.6 Å². The van der Waals surface area contributed by atoms with Crippen molar-refractivity contribution in [3.8, 4) is 17.2 Å². The number of aliphatic hydroxyl groups excluding tert-OH is 1. The summed E-state index contributed by atoms with van der Waals surface area (Å²) in [5, 5.41) is 66.1. The molecule has 0 radical (unpaired) electrons. The number of aromatic nitrogens is 2. The minimum Gasteiger partial charge on any atom is -0.508 e. The molecule has 4 aromatic rings. The van der Waals surface area contributed by atoms with Gasteiger partial charge >= 0.3 is 5.97 Å². The number of aromatic hydroxyl groups is 2. The second-order valence-electron chi connectivity index (χ2n) is 24.3. The van der Waals surface area contributed by atoms with Crippen molar-refractivity contribution in [2.24, 2.45) is 16.8 Å². The van der Waals surface area contributed by atoms with E-state index in [0.717, 1.165) is 36.4 Å². The average molecular weight is 1380 g/mol. The highest BCUT2D eigenvalue weighted by Gasteiger charge is 2.42. The molecule has 524 valence electrons. The molecule has 32 heteroatoms. The van der Waals surface area contributed by atoms with Gasteiger partial charge in [0.15, 0.2) is 0 Å². The van der Waals surface area contributed by atoms with Crippen LogP contribution in [0.3, 0.4) is 0 Å². The van der Waals surface area contributed by atoms with Gasteiger partial charge in [0.1, 0.15) is 84.4 Å². The van der Waals surface area contributed by atoms with Crippen LogP contribution >= 0.6 is 23.5 Å². The number of carboxylic acid groups (broad SMARTS) is 1. The molecule has 0 spiro atoms. The number of fused-ring (bicyclic) bond motifs is 6. The molecule has 3 aromatic carbocycles. The van der Waals surface area contributed by atoms with Gasteiger partial charge < -0.3 is 88.2 Å². The number of nitrogens with one attached hydrogen (secondary N) is 9. The van der Waals surface area contributed by atoms with Crippen molar-refractivity contribution in [1.82, 2.24) is 57.4 Å². The fourth-order valence-electron chi connectivity index (χ4n) is 10.9. The topological polar surface area (TPSA) is 454 Å². The number of carbonyl (C=O) groups excluding carboxylic acids is 10. The maximum atomic E-state index is 15.2. The second kappa shape index (κ2) is 37.2. The molecule has 15 N–H and O–H groups in total. The van der Waals surface area contributed by atoms with Gasteiger partial charge in [-0.05, 0) is 116 Å². The third-order valence-electron chi connectivity index (χ3n) is 15.9. The average Bonchev–Trinajstić information content (AvgIpc) is 1.77. The normalized spacial score (nSPS) is 24.7. The predicted octanol–water partition coefficient (Wildman–Crippen LogP) is 0.241. The number of nitrogens with two attached hydrogens (primary N) is 1. The molecule has 0 unspecified atom stereocenters. The number of aliphatic carboxylic acids is 1. The van der Waals surface area contributed by atoms with E-state index in [1.54, 1.807) is 0 Å². The van der Waals surface area contributed by atoms with Crippen LogP contribution in [0.4, 0.5) is 0 Å². The van der Waals surface area contributed by atoms with E-state index in [4.69, 9.17) is 15.3 Å². The number of H-pyrrole nitrogens is 1. The van der Waals surface area contributed by atoms with Crippen LogP contribution in [-0.4, -0.2) is 198 Å². The molecule has 4 heterocycles. The van der Waals surface area contributed by atoms with Crippen LogP contribution in [0, 0.1) is 5.92 Å². The minimum atomic E-state index is -1.97. The number of carboxylic acids is 1. The zero-order valence-electron chi connectivity index (χ0n) is 54.0. The number of hydrogen-bond donors (Lipinski definition) is 14. The summed E-state index contributed by atoms with van der Waals surface area (Å²) in [4.78, 5) is 169. The number of thioether (sulfide) groups is 2. The number of phenols is 2. The first-order valence-corrected chi connectivity index (χ1v) is 34.2. The molecular formula is C65H85N13O17S2. The summed E-state index contributed by atoms with van der Waals surface area (Å²) >= 11 is 2.46. The van der Waals surface area contributed by atoms with Gasteiger partial charge in [-0.3, -0.25) is 52.7 Å². The van der Waals surface area contributed by atoms with E-state index in [0.29, 0.717) is 47.6 Å². The van der Waals surface area contributed by atoms with E-state index >= 15 is 9.59 Å². The number of phenolic OH excluding ortho intramolecular Hbond substituents is 2. The molecule has 1 aromatic heterocycles. The van der Waals surface area contributed by atoms with Gasteiger partial charge in [-0.1, -0.05) is 49.3 Å². The molecular weight excluding hydrogens is 1300 g/mol. The van der Waals surface area contributed by atoms with E-state index < -0.39 is 132 Å². The Morgan fingerprint density at radius 2 is 1.22 bits per heavy atom. The van der Waals surface area contributed by atoms with Crippen molar-refractivity contribution in [3.05, 3.63) is 107 Å². The Morgan fingerprint density at radius 1 is 0.639 bits per heavy atom. The molecule has 0 aliphatic carbocycles. The summed E-state index contributed by atoms with van der Waals surface area (Å²) < 4.78 is 6.30. The maximum Gasteiger partial charge on any atom is 0.305 e. The summed E-state index contributed by atoms with van der Waals surface area (Å²) in [6, 6.07) is 2.96. The molecule has 1 fully saturated rings. The van der Waals surface area contributed by atoms with Crippen LogP contribution in [-0.2, 0) is 88.3 Å². The summed E-state index contributed by atoms with van der Waals surface area (Å²) in [6.45, 7) is 5.23. The monoisotopic (exact) mass is 1380 g/mol. The first-order valence-electron chi connectivity index (χ1n) is 31.9. The number of nitrogens with zero attached hydrogens (tertiary/aromatic N) is 3. The van der Waals surface area contributed by atoms with Gasteiger partial charge in [0.25, 0.3) is 5.91 Å². The molecule has 97 heavy (non-hydrogen) atoms. The number of rotatable bonds is 12. The SMILES string of the molecule is CC(C)C[C@@H]1NC(=O)/C=N/OCCCCCCOc2cc3cc(c2)CSC[C@H](NC1=O)C(=O)N[C@@H](Cc1ccc(O)cc1)C(=O)N1CCC[C@H]1C(=O)N[C@@H](CC(=O)O)C(=O)N[C@@H]([C@@H](C)O)C(=O)N[C@@H](Cc1ccc(O)cc1)C(=O)N[C@@H](Cc1cnc[nH]1)C(=O)N[C@H](C(N)=O)CSC3. The first kappa shape index (κ1) is 75.0. The van der Waals surface area contributed by atoms with Gasteiger partial charge in [0.2, 0.25) is 53.2 Å². The second-order valence-corrected chi connectivity index (χ2v) is 26.4. The predicted molar refractivity (Wildman–Crippen MR) is 356 cm³/mol. The number of hydrogen-bond acceptors (Lipinski definition) is 20. The van der Waals surface area contributed by atoms with Crippen LogP contribution in [0.15, 0.2) is 84.4 Å². The third kappa shape index (κ3) is 24.0. The Bertz CT molecular complexity index is 3420. The van der Waals surface area contributed by atoms with Gasteiger partial charge in [0.05, 0.1) is 25.5 Å². The lowest BCUT2D eigenvalue weighted by molar-refractivity contribution is -0.144. The van der Waals surface area contributed by atoms with Gasteiger partial charge in [-0.25, -0.2) is 4.98 Å². The van der Waals surface area contributed by atoms with Crippen molar-refractivity contribution in [2.45, 2.75) is 163 Å². The van der Waals surface area contributed by atoms with Crippen LogP contribution in [0.1, 0.15) is 100 Å². The zero-order chi connectivity index (χ0) is 70.1. The Hall–Kier alpha value is -9.43. The van der Waals surface area contributed by atoms with Crippen LogP contribution < -0.4 is 53.0 Å². The minimum absolute atomic E-state index is 0.0140. The summed E-state index contributed by atoms with van der Waals surface area (Å²) in [6.07, 6.45) is 3.13. The zero-order valence-corrected chi connectivity index (χ0v) is 55.6. The highest BCUT2D eigenvalue weighted by atomic mass is 32.2. The molecule has 4 bridgehead atoms. The van der Waals surface area contributed by atoms with E-state index in [9.17, 15) is 63.6 Å². The quantitative estimate of drug-likeness (QED) is 0.0903. The summed E-state index contributed by atoms with van der Waals surface area (Å²) in [5.41, 5.74) is 8.54. The van der Waals surface area contributed by atoms with E-state index in [1.807, 2.05) is 32.0 Å². The molecule has 7 rings (SSSR count). The van der Waals surface area contributed by atoms with Crippen molar-refractivity contribution in [1.29, 1.82) is 0 Å². The fraction of sp³-hybridized carbons (Fsp3) is 0.492. The molecule has 10 atom stereocenters.